The van der Waals surface area contributed by atoms with Crippen molar-refractivity contribution in [2.75, 3.05) is 45.9 Å². The highest BCUT2D eigenvalue weighted by atomic mass is 16.5. The first kappa shape index (κ1) is 17.0. The molecule has 2 aromatic rings. The van der Waals surface area contributed by atoms with Crippen LogP contribution in [-0.4, -0.2) is 66.3 Å². The maximum Gasteiger partial charge on any atom is 0.217 e. The van der Waals surface area contributed by atoms with Crippen molar-refractivity contribution in [1.29, 1.82) is 0 Å². The number of morpholine rings is 1. The smallest absolute Gasteiger partial charge is 0.217 e. The number of pyridine rings is 1. The van der Waals surface area contributed by atoms with Gasteiger partial charge in [0.2, 0.25) is 5.88 Å². The van der Waals surface area contributed by atoms with Crippen molar-refractivity contribution in [1.82, 2.24) is 14.8 Å². The second kappa shape index (κ2) is 6.58. The summed E-state index contributed by atoms with van der Waals surface area (Å²) in [5.41, 5.74) is 3.44. The van der Waals surface area contributed by atoms with Gasteiger partial charge < -0.3 is 13.9 Å². The summed E-state index contributed by atoms with van der Waals surface area (Å²) in [6, 6.07) is 4.41. The number of hydrogen-bond acceptors (Lipinski definition) is 6. The van der Waals surface area contributed by atoms with Gasteiger partial charge in [-0.2, -0.15) is 0 Å². The number of furan rings is 1. The monoisotopic (exact) mass is 381 g/mol. The number of ether oxygens (including phenoxy) is 2. The fourth-order valence-electron chi connectivity index (χ4n) is 5.46. The molecule has 2 aromatic heterocycles. The summed E-state index contributed by atoms with van der Waals surface area (Å²) in [6.07, 6.45) is 7.30. The third kappa shape index (κ3) is 2.86. The highest BCUT2D eigenvalue weighted by molar-refractivity contribution is 5.64. The fourth-order valence-corrected chi connectivity index (χ4v) is 5.46. The summed E-state index contributed by atoms with van der Waals surface area (Å²) < 4.78 is 17.7. The van der Waals surface area contributed by atoms with E-state index in [1.807, 2.05) is 12.5 Å². The Bertz CT molecular complexity index is 868. The lowest BCUT2D eigenvalue weighted by Gasteiger charge is -2.50. The molecule has 28 heavy (non-hydrogen) atoms. The molecule has 6 nitrogen and oxygen atoms in total. The van der Waals surface area contributed by atoms with E-state index in [1.54, 1.807) is 0 Å². The topological polar surface area (TPSA) is 51.0 Å². The number of aromatic nitrogens is 1. The van der Waals surface area contributed by atoms with Gasteiger partial charge in [0, 0.05) is 54.9 Å². The first-order valence-corrected chi connectivity index (χ1v) is 10.6. The van der Waals surface area contributed by atoms with Gasteiger partial charge in [0.05, 0.1) is 26.0 Å². The fraction of sp³-hybridized carbons (Fsp3) is 0.591. The minimum atomic E-state index is -0.0393. The number of hydrogen-bond donors (Lipinski definition) is 0. The van der Waals surface area contributed by atoms with Crippen LogP contribution in [0, 0.1) is 5.92 Å². The molecule has 0 N–H and O–H groups in total. The SMILES string of the molecule is c1nc2c(cc1-c1coc(CN3CCOCC3)c1)C[C@@]1(CN3CCC1CC3)O2. The van der Waals surface area contributed by atoms with E-state index in [1.165, 1.54) is 31.5 Å². The van der Waals surface area contributed by atoms with Crippen LogP contribution >= 0.6 is 0 Å². The number of rotatable bonds is 3. The molecule has 148 valence electrons. The maximum absolute atomic E-state index is 6.47. The van der Waals surface area contributed by atoms with Gasteiger partial charge in [0.1, 0.15) is 11.4 Å². The standard InChI is InChI=1S/C22H27N3O3/c1-3-25-4-2-19(1)22(15-25)11-16-9-17(12-23-21(16)28-22)18-10-20(27-14-18)13-24-5-7-26-8-6-24/h9-10,12,14,19H,1-8,11,13,15H2/t22-/m0/s1. The molecule has 0 aromatic carbocycles. The summed E-state index contributed by atoms with van der Waals surface area (Å²) >= 11 is 0. The van der Waals surface area contributed by atoms with E-state index in [4.69, 9.17) is 13.9 Å². The molecule has 5 aliphatic heterocycles. The minimum absolute atomic E-state index is 0.0393. The van der Waals surface area contributed by atoms with Gasteiger partial charge in [-0.15, -0.1) is 0 Å². The Hall–Kier alpha value is -1.89. The lowest BCUT2D eigenvalue weighted by molar-refractivity contribution is -0.0814. The van der Waals surface area contributed by atoms with Crippen molar-refractivity contribution in [2.45, 2.75) is 31.4 Å². The largest absolute Gasteiger partial charge is 0.469 e. The van der Waals surface area contributed by atoms with Gasteiger partial charge in [-0.05, 0) is 38.1 Å². The second-order valence-corrected chi connectivity index (χ2v) is 8.77. The van der Waals surface area contributed by atoms with E-state index in [-0.39, 0.29) is 5.60 Å². The molecule has 0 unspecified atom stereocenters. The molecule has 5 aliphatic rings. The Morgan fingerprint density at radius 2 is 1.93 bits per heavy atom. The number of nitrogens with zero attached hydrogens (tertiary/aromatic N) is 3. The molecule has 4 fully saturated rings. The van der Waals surface area contributed by atoms with E-state index in [0.717, 1.165) is 68.6 Å². The van der Waals surface area contributed by atoms with E-state index in [9.17, 15) is 0 Å². The van der Waals surface area contributed by atoms with Crippen LogP contribution in [0.15, 0.2) is 29.0 Å². The lowest BCUT2D eigenvalue weighted by atomic mass is 9.73. The summed E-state index contributed by atoms with van der Waals surface area (Å²) in [5.74, 6) is 2.52. The van der Waals surface area contributed by atoms with Gasteiger partial charge in [-0.1, -0.05) is 0 Å². The predicted molar refractivity (Wildman–Crippen MR) is 104 cm³/mol. The zero-order valence-electron chi connectivity index (χ0n) is 16.2. The molecule has 0 radical (unpaired) electrons. The van der Waals surface area contributed by atoms with Crippen molar-refractivity contribution in [3.63, 3.8) is 0 Å². The van der Waals surface area contributed by atoms with E-state index >= 15 is 0 Å². The summed E-state index contributed by atoms with van der Waals surface area (Å²) in [4.78, 5) is 9.61. The first-order chi connectivity index (χ1) is 13.8. The van der Waals surface area contributed by atoms with E-state index < -0.39 is 0 Å². The van der Waals surface area contributed by atoms with Crippen LogP contribution in [0.2, 0.25) is 0 Å². The van der Waals surface area contributed by atoms with Crippen molar-refractivity contribution in [2.24, 2.45) is 5.92 Å². The van der Waals surface area contributed by atoms with Gasteiger partial charge in [-0.25, -0.2) is 4.98 Å². The average molecular weight is 381 g/mol. The Morgan fingerprint density at radius 3 is 2.71 bits per heavy atom. The van der Waals surface area contributed by atoms with Crippen molar-refractivity contribution in [3.05, 3.63) is 35.9 Å². The number of piperidine rings is 3. The van der Waals surface area contributed by atoms with Crippen molar-refractivity contribution >= 4 is 0 Å². The van der Waals surface area contributed by atoms with Crippen LogP contribution < -0.4 is 4.74 Å². The Kier molecular flexibility index (Phi) is 4.00. The zero-order valence-corrected chi connectivity index (χ0v) is 16.2. The third-order valence-corrected chi connectivity index (χ3v) is 7.01. The zero-order chi connectivity index (χ0) is 18.6. The molecule has 0 amide bonds. The second-order valence-electron chi connectivity index (χ2n) is 8.77. The van der Waals surface area contributed by atoms with Crippen molar-refractivity contribution in [3.8, 4) is 17.0 Å². The van der Waals surface area contributed by atoms with Gasteiger partial charge in [-0.3, -0.25) is 9.80 Å². The molecule has 7 heterocycles. The minimum Gasteiger partial charge on any atom is -0.469 e. The average Bonchev–Trinajstić information content (AvgIpc) is 3.33. The normalized spacial score (nSPS) is 31.9. The molecule has 0 aliphatic carbocycles. The Balaban J connectivity index is 1.21. The van der Waals surface area contributed by atoms with Gasteiger partial charge in [0.15, 0.2) is 0 Å². The Morgan fingerprint density at radius 1 is 1.07 bits per heavy atom. The molecule has 1 spiro atoms. The van der Waals surface area contributed by atoms with Gasteiger partial charge >= 0.3 is 0 Å². The Labute approximate surface area is 165 Å². The molecular formula is C22H27N3O3. The van der Waals surface area contributed by atoms with E-state index in [2.05, 4.69) is 26.9 Å². The highest BCUT2D eigenvalue weighted by Gasteiger charge is 2.52. The molecule has 6 heteroatoms. The van der Waals surface area contributed by atoms with Crippen LogP contribution in [0.3, 0.4) is 0 Å². The third-order valence-electron chi connectivity index (χ3n) is 7.01. The summed E-state index contributed by atoms with van der Waals surface area (Å²) in [6.45, 7) is 7.90. The predicted octanol–water partition coefficient (Wildman–Crippen LogP) is 2.57. The van der Waals surface area contributed by atoms with Crippen LogP contribution in [-0.2, 0) is 17.7 Å². The quantitative estimate of drug-likeness (QED) is 0.815. The summed E-state index contributed by atoms with van der Waals surface area (Å²) in [5, 5.41) is 0. The maximum atomic E-state index is 6.47. The lowest BCUT2D eigenvalue weighted by Crippen LogP contribution is -2.61. The highest BCUT2D eigenvalue weighted by Crippen LogP contribution is 2.46. The van der Waals surface area contributed by atoms with Crippen LogP contribution in [0.4, 0.5) is 0 Å². The van der Waals surface area contributed by atoms with Crippen molar-refractivity contribution < 1.29 is 13.9 Å². The molecule has 7 rings (SSSR count). The van der Waals surface area contributed by atoms with E-state index in [0.29, 0.717) is 5.92 Å². The van der Waals surface area contributed by atoms with Gasteiger partial charge in [0.25, 0.3) is 0 Å². The van der Waals surface area contributed by atoms with Crippen LogP contribution in [0.25, 0.3) is 11.1 Å². The molecular weight excluding hydrogens is 354 g/mol. The number of fused-ring (bicyclic) bond motifs is 3. The molecule has 4 saturated heterocycles. The molecule has 2 bridgehead atoms. The summed E-state index contributed by atoms with van der Waals surface area (Å²) in [7, 11) is 0. The van der Waals surface area contributed by atoms with Crippen LogP contribution in [0.5, 0.6) is 5.88 Å². The molecule has 0 saturated carbocycles. The van der Waals surface area contributed by atoms with Crippen LogP contribution in [0.1, 0.15) is 24.2 Å². The molecule has 1 atom stereocenters. The first-order valence-electron chi connectivity index (χ1n) is 10.6.